The summed E-state index contributed by atoms with van der Waals surface area (Å²) in [7, 11) is -2.97. The highest BCUT2D eigenvalue weighted by molar-refractivity contribution is 7.90. The molecule has 0 saturated carbocycles. The van der Waals surface area contributed by atoms with Crippen molar-refractivity contribution in [3.8, 4) is 16.9 Å². The van der Waals surface area contributed by atoms with Crippen molar-refractivity contribution in [3.63, 3.8) is 0 Å². The van der Waals surface area contributed by atoms with E-state index in [1.165, 1.54) is 19.2 Å². The molecule has 0 unspecified atom stereocenters. The number of alkyl halides is 3. The van der Waals surface area contributed by atoms with Crippen molar-refractivity contribution >= 4 is 22.1 Å². The van der Waals surface area contributed by atoms with Gasteiger partial charge in [0.25, 0.3) is 16.8 Å². The SMILES string of the molecule is CC(=O)OCON=[N+]([O-])N(C)CCCCOC(=O)NS(=O)(=O)c1ccc(-n2nc(C(F)(F)F)cc2-c2ccc(C)cc2)cc1. The second kappa shape index (κ2) is 14.5. The number of ether oxygens (including phenoxy) is 2. The number of sulfonamides is 1. The standard InChI is InChI=1S/C26H29F3N6O8S/c1-18-6-8-20(9-7-18)23-16-24(26(27,28)29)30-34(23)21-10-12-22(13-11-21)44(39,40)31-25(37)41-15-5-4-14-33(3)35(38)32-43-17-42-19(2)36/h6-13,16H,4-5,14-15,17H2,1-3H3,(H,31,37). The fourth-order valence-electron chi connectivity index (χ4n) is 3.55. The van der Waals surface area contributed by atoms with Crippen molar-refractivity contribution in [2.75, 3.05) is 27.0 Å². The molecule has 0 aliphatic rings. The van der Waals surface area contributed by atoms with Crippen molar-refractivity contribution in [1.29, 1.82) is 0 Å². The normalized spacial score (nSPS) is 12.0. The Morgan fingerprint density at radius 1 is 1.09 bits per heavy atom. The molecule has 2 aromatic carbocycles. The van der Waals surface area contributed by atoms with E-state index in [9.17, 15) is 36.4 Å². The molecular formula is C26H29F3N6O8S. The number of carbonyl (C=O) groups is 2. The Morgan fingerprint density at radius 3 is 2.36 bits per heavy atom. The highest BCUT2D eigenvalue weighted by Crippen LogP contribution is 2.33. The van der Waals surface area contributed by atoms with Gasteiger partial charge in [0, 0.05) is 12.5 Å². The average Bonchev–Trinajstić information content (AvgIpc) is 3.41. The van der Waals surface area contributed by atoms with E-state index >= 15 is 0 Å². The molecule has 3 aromatic rings. The van der Waals surface area contributed by atoms with Crippen LogP contribution in [0.4, 0.5) is 18.0 Å². The summed E-state index contributed by atoms with van der Waals surface area (Å²) in [6.45, 7) is 2.47. The zero-order valence-electron chi connectivity index (χ0n) is 23.8. The number of nitrogens with zero attached hydrogens (tertiary/aromatic N) is 5. The molecule has 14 nitrogen and oxygen atoms in total. The van der Waals surface area contributed by atoms with Crippen molar-refractivity contribution in [2.45, 2.75) is 37.8 Å². The molecule has 238 valence electrons. The summed E-state index contributed by atoms with van der Waals surface area (Å²) in [6.07, 6.45) is -5.33. The molecular weight excluding hydrogens is 613 g/mol. The number of hydrogen-bond acceptors (Lipinski definition) is 10. The molecule has 0 aliphatic carbocycles. The zero-order valence-corrected chi connectivity index (χ0v) is 24.6. The van der Waals surface area contributed by atoms with Crippen LogP contribution in [0.1, 0.15) is 31.0 Å². The van der Waals surface area contributed by atoms with Gasteiger partial charge in [-0.2, -0.15) is 18.3 Å². The number of hydrazine groups is 1. The van der Waals surface area contributed by atoms with E-state index < -0.39 is 40.7 Å². The molecule has 0 aliphatic heterocycles. The van der Waals surface area contributed by atoms with E-state index in [2.05, 4.69) is 20.0 Å². The van der Waals surface area contributed by atoms with Crippen molar-refractivity contribution < 1.29 is 50.5 Å². The summed E-state index contributed by atoms with van der Waals surface area (Å²) in [5.41, 5.74) is 0.560. The lowest BCUT2D eigenvalue weighted by Crippen LogP contribution is -2.31. The first-order valence-corrected chi connectivity index (χ1v) is 14.3. The third kappa shape index (κ3) is 9.58. The number of unbranched alkanes of at least 4 members (excludes halogenated alkanes) is 1. The third-order valence-corrected chi connectivity index (χ3v) is 7.13. The molecule has 1 heterocycles. The summed E-state index contributed by atoms with van der Waals surface area (Å²) in [6, 6.07) is 12.4. The van der Waals surface area contributed by atoms with Crippen molar-refractivity contribution in [1.82, 2.24) is 19.5 Å². The number of aromatic nitrogens is 2. The number of aryl methyl sites for hydroxylation is 1. The zero-order chi connectivity index (χ0) is 32.5. The molecule has 18 heteroatoms. The van der Waals surface area contributed by atoms with E-state index in [4.69, 9.17) is 4.74 Å². The maximum Gasteiger partial charge on any atom is 0.435 e. The highest BCUT2D eigenvalue weighted by Gasteiger charge is 2.35. The van der Waals surface area contributed by atoms with Crippen LogP contribution in [0.3, 0.4) is 0 Å². The van der Waals surface area contributed by atoms with Crippen LogP contribution in [0.15, 0.2) is 64.8 Å². The van der Waals surface area contributed by atoms with Gasteiger partial charge < -0.3 is 19.5 Å². The summed E-state index contributed by atoms with van der Waals surface area (Å²) >= 11 is 0. The van der Waals surface area contributed by atoms with Gasteiger partial charge in [0.05, 0.1) is 41.4 Å². The Kier molecular flexibility index (Phi) is 11.1. The van der Waals surface area contributed by atoms with E-state index in [0.29, 0.717) is 12.0 Å². The minimum Gasteiger partial charge on any atom is -0.569 e. The summed E-state index contributed by atoms with van der Waals surface area (Å²) in [4.78, 5) is 27.0. The van der Waals surface area contributed by atoms with Crippen LogP contribution in [-0.4, -0.2) is 67.2 Å². The molecule has 3 rings (SSSR count). The second-order valence-electron chi connectivity index (χ2n) is 9.23. The number of rotatable bonds is 13. The number of halogens is 3. The van der Waals surface area contributed by atoms with Crippen molar-refractivity contribution in [2.24, 2.45) is 5.28 Å². The van der Waals surface area contributed by atoms with Crippen LogP contribution in [0.25, 0.3) is 16.9 Å². The third-order valence-electron chi connectivity index (χ3n) is 5.80. The Morgan fingerprint density at radius 2 is 1.75 bits per heavy atom. The molecule has 0 radical (unpaired) electrons. The Labute approximate surface area is 250 Å². The average molecular weight is 643 g/mol. The first-order chi connectivity index (χ1) is 20.7. The summed E-state index contributed by atoms with van der Waals surface area (Å²) in [5.74, 6) is -0.607. The first-order valence-electron chi connectivity index (χ1n) is 12.9. The smallest absolute Gasteiger partial charge is 0.435 e. The predicted molar refractivity (Wildman–Crippen MR) is 146 cm³/mol. The number of benzene rings is 2. The van der Waals surface area contributed by atoms with E-state index in [0.717, 1.165) is 40.4 Å². The van der Waals surface area contributed by atoms with Gasteiger partial charge in [-0.25, -0.2) is 22.6 Å². The van der Waals surface area contributed by atoms with E-state index in [1.807, 2.05) is 6.92 Å². The highest BCUT2D eigenvalue weighted by atomic mass is 32.2. The lowest BCUT2D eigenvalue weighted by Gasteiger charge is -2.13. The van der Waals surface area contributed by atoms with Gasteiger partial charge >= 0.3 is 18.2 Å². The topological polar surface area (TPSA) is 167 Å². The van der Waals surface area contributed by atoms with Gasteiger partial charge in [0.15, 0.2) is 5.69 Å². The number of esters is 1. The van der Waals surface area contributed by atoms with Crippen LogP contribution in [0.2, 0.25) is 0 Å². The monoisotopic (exact) mass is 642 g/mol. The molecule has 0 spiro atoms. The number of nitrogens with one attached hydrogen (secondary N) is 1. The number of amides is 1. The van der Waals surface area contributed by atoms with E-state index in [-0.39, 0.29) is 40.8 Å². The minimum atomic E-state index is -4.71. The molecule has 1 aromatic heterocycles. The molecule has 1 amide bonds. The fourth-order valence-corrected chi connectivity index (χ4v) is 4.44. The Bertz CT molecular complexity index is 1580. The maximum absolute atomic E-state index is 13.4. The molecule has 0 saturated heterocycles. The maximum atomic E-state index is 13.4. The van der Waals surface area contributed by atoms with Gasteiger partial charge in [0.2, 0.25) is 5.28 Å². The van der Waals surface area contributed by atoms with Gasteiger partial charge in [-0.3, -0.25) is 4.79 Å². The molecule has 0 bridgehead atoms. The van der Waals surface area contributed by atoms with E-state index in [1.54, 1.807) is 29.0 Å². The summed E-state index contributed by atoms with van der Waals surface area (Å²) < 4.78 is 77.8. The molecule has 0 atom stereocenters. The molecule has 44 heavy (non-hydrogen) atoms. The van der Waals surface area contributed by atoms with Crippen LogP contribution in [0, 0.1) is 12.1 Å². The van der Waals surface area contributed by atoms with Gasteiger partial charge in [-0.05, 0) is 50.1 Å². The number of hydrogen-bond donors (Lipinski definition) is 1. The molecule has 0 fully saturated rings. The van der Waals surface area contributed by atoms with Gasteiger partial charge in [-0.1, -0.05) is 29.8 Å². The van der Waals surface area contributed by atoms with Crippen LogP contribution >= 0.6 is 0 Å². The Balaban J connectivity index is 1.56. The van der Waals surface area contributed by atoms with Gasteiger partial charge in [-0.15, -0.1) is 5.01 Å². The fraction of sp³-hybridized carbons (Fsp3) is 0.346. The lowest BCUT2D eigenvalue weighted by atomic mass is 10.1. The quantitative estimate of drug-likeness (QED) is 0.0708. The van der Waals surface area contributed by atoms with Gasteiger partial charge in [0.1, 0.15) is 0 Å². The first kappa shape index (κ1) is 33.6. The van der Waals surface area contributed by atoms with Crippen LogP contribution < -0.4 is 4.72 Å². The molecule has 1 N–H and O–H groups in total. The largest absolute Gasteiger partial charge is 0.569 e. The van der Waals surface area contributed by atoms with Crippen LogP contribution in [0.5, 0.6) is 0 Å². The lowest BCUT2D eigenvalue weighted by molar-refractivity contribution is -0.706. The minimum absolute atomic E-state index is 0.125. The predicted octanol–water partition coefficient (Wildman–Crippen LogP) is 4.32. The Hall–Kier alpha value is -4.87. The van der Waals surface area contributed by atoms with Crippen molar-refractivity contribution in [3.05, 3.63) is 71.1 Å². The second-order valence-corrected chi connectivity index (χ2v) is 10.9. The van der Waals surface area contributed by atoms with Crippen LogP contribution in [-0.2, 0) is 35.3 Å². The number of carbonyl (C=O) groups excluding carboxylic acids is 2. The summed E-state index contributed by atoms with van der Waals surface area (Å²) in [5, 5.41) is 19.7.